The van der Waals surface area contributed by atoms with E-state index in [2.05, 4.69) is 22.3 Å². The molecule has 27 heavy (non-hydrogen) atoms. The smallest absolute Gasteiger partial charge is 0.248 e. The summed E-state index contributed by atoms with van der Waals surface area (Å²) in [5.41, 5.74) is 2.30. The molecule has 0 saturated carbocycles. The van der Waals surface area contributed by atoms with Gasteiger partial charge in [0.1, 0.15) is 6.54 Å². The number of carbonyl (C=O) groups is 1. The number of para-hydroxylation sites is 3. The normalized spacial score (nSPS) is 11.1. The predicted octanol–water partition coefficient (Wildman–Crippen LogP) is 2.79. The molecule has 1 N–H and O–H groups in total. The fraction of sp³-hybridized carbons (Fsp3) is 0.200. The molecule has 0 radical (unpaired) electrons. The van der Waals surface area contributed by atoms with Gasteiger partial charge in [-0.05, 0) is 30.7 Å². The van der Waals surface area contributed by atoms with Crippen LogP contribution in [0.4, 0.5) is 5.95 Å². The molecule has 0 aliphatic rings. The summed E-state index contributed by atoms with van der Waals surface area (Å²) in [6, 6.07) is 14.9. The first kappa shape index (κ1) is 17.0. The fourth-order valence-electron chi connectivity index (χ4n) is 3.21. The quantitative estimate of drug-likeness (QED) is 0.593. The minimum atomic E-state index is -0.246. The third-order valence-electron chi connectivity index (χ3n) is 4.41. The van der Waals surface area contributed by atoms with E-state index >= 15 is 0 Å². The summed E-state index contributed by atoms with van der Waals surface area (Å²) in [6.45, 7) is 2.84. The summed E-state index contributed by atoms with van der Waals surface area (Å²) in [7, 11) is 0. The minimum Gasteiger partial charge on any atom is -0.310 e. The van der Waals surface area contributed by atoms with E-state index in [1.165, 1.54) is 10.9 Å². The molecular formula is C20H19N5O2. The zero-order valence-corrected chi connectivity index (χ0v) is 14.9. The maximum absolute atomic E-state index is 12.6. The number of anilines is 1. The first-order valence-electron chi connectivity index (χ1n) is 8.87. The summed E-state index contributed by atoms with van der Waals surface area (Å²) in [4.78, 5) is 29.1. The SMILES string of the molecule is CCCn1c(NC(=O)Cn2ncc(=O)c3ccccc32)nc2ccccc21. The maximum atomic E-state index is 12.6. The Labute approximate surface area is 155 Å². The van der Waals surface area contributed by atoms with Crippen molar-refractivity contribution < 1.29 is 4.79 Å². The van der Waals surface area contributed by atoms with Gasteiger partial charge in [-0.2, -0.15) is 5.10 Å². The van der Waals surface area contributed by atoms with Crippen LogP contribution in [-0.2, 0) is 17.9 Å². The number of rotatable bonds is 5. The molecule has 0 aliphatic carbocycles. The first-order valence-corrected chi connectivity index (χ1v) is 8.87. The second kappa shape index (κ2) is 7.03. The number of carbonyl (C=O) groups excluding carboxylic acids is 1. The third-order valence-corrected chi connectivity index (χ3v) is 4.41. The number of nitrogens with zero attached hydrogens (tertiary/aromatic N) is 4. The standard InChI is InChI=1S/C20H19N5O2/c1-2-11-24-17-10-6-4-8-15(17)22-20(24)23-19(27)13-25-16-9-5-3-7-14(16)18(26)12-21-25/h3-10,12H,2,11,13H2,1H3,(H,22,23,27). The lowest BCUT2D eigenvalue weighted by Crippen LogP contribution is -2.24. The number of imidazole rings is 1. The van der Waals surface area contributed by atoms with Crippen molar-refractivity contribution in [3.05, 3.63) is 65.0 Å². The van der Waals surface area contributed by atoms with Crippen molar-refractivity contribution in [3.63, 3.8) is 0 Å². The molecule has 0 saturated heterocycles. The zero-order valence-electron chi connectivity index (χ0n) is 14.9. The average Bonchev–Trinajstić information content (AvgIpc) is 3.02. The molecule has 0 bridgehead atoms. The summed E-state index contributed by atoms with van der Waals surface area (Å²) in [5, 5.41) is 7.53. The molecule has 1 amide bonds. The second-order valence-corrected chi connectivity index (χ2v) is 6.31. The number of nitrogens with one attached hydrogen (secondary N) is 1. The molecule has 4 rings (SSSR count). The average molecular weight is 361 g/mol. The highest BCUT2D eigenvalue weighted by atomic mass is 16.2. The van der Waals surface area contributed by atoms with Crippen molar-refractivity contribution in [2.75, 3.05) is 5.32 Å². The Hall–Kier alpha value is -3.48. The van der Waals surface area contributed by atoms with Gasteiger partial charge in [-0.3, -0.25) is 19.6 Å². The topological polar surface area (TPSA) is 81.8 Å². The number of benzene rings is 2. The number of hydrogen-bond donors (Lipinski definition) is 1. The van der Waals surface area contributed by atoms with Crippen molar-refractivity contribution in [3.8, 4) is 0 Å². The molecule has 0 aliphatic heterocycles. The Kier molecular flexibility index (Phi) is 4.42. The van der Waals surface area contributed by atoms with Crippen LogP contribution in [0.2, 0.25) is 0 Å². The molecule has 2 heterocycles. The number of hydrogen-bond acceptors (Lipinski definition) is 4. The van der Waals surface area contributed by atoms with E-state index in [1.54, 1.807) is 18.2 Å². The Morgan fingerprint density at radius 3 is 2.63 bits per heavy atom. The molecule has 0 spiro atoms. The summed E-state index contributed by atoms with van der Waals surface area (Å²) in [6.07, 6.45) is 2.16. The van der Waals surface area contributed by atoms with Gasteiger partial charge in [0, 0.05) is 11.9 Å². The van der Waals surface area contributed by atoms with Crippen LogP contribution in [0.15, 0.2) is 59.5 Å². The summed E-state index contributed by atoms with van der Waals surface area (Å²) >= 11 is 0. The zero-order chi connectivity index (χ0) is 18.8. The monoisotopic (exact) mass is 361 g/mol. The summed E-state index contributed by atoms with van der Waals surface area (Å²) < 4.78 is 3.53. The van der Waals surface area contributed by atoms with Gasteiger partial charge in [0.15, 0.2) is 0 Å². The van der Waals surface area contributed by atoms with Crippen molar-refractivity contribution in [1.29, 1.82) is 0 Å². The lowest BCUT2D eigenvalue weighted by molar-refractivity contribution is -0.116. The van der Waals surface area contributed by atoms with Gasteiger partial charge in [0.05, 0.1) is 22.7 Å². The van der Waals surface area contributed by atoms with E-state index in [-0.39, 0.29) is 17.9 Å². The lowest BCUT2D eigenvalue weighted by Gasteiger charge is -2.11. The van der Waals surface area contributed by atoms with Crippen LogP contribution < -0.4 is 10.7 Å². The predicted molar refractivity (Wildman–Crippen MR) is 105 cm³/mol. The Morgan fingerprint density at radius 1 is 1.07 bits per heavy atom. The molecule has 2 aromatic carbocycles. The van der Waals surface area contributed by atoms with Gasteiger partial charge in [-0.25, -0.2) is 4.98 Å². The van der Waals surface area contributed by atoms with Gasteiger partial charge >= 0.3 is 0 Å². The Balaban J connectivity index is 1.64. The number of fused-ring (bicyclic) bond motifs is 2. The van der Waals surface area contributed by atoms with Gasteiger partial charge in [0.2, 0.25) is 17.3 Å². The molecule has 7 heteroatoms. The molecule has 4 aromatic rings. The highest BCUT2D eigenvalue weighted by Crippen LogP contribution is 2.20. The van der Waals surface area contributed by atoms with Crippen LogP contribution in [0.1, 0.15) is 13.3 Å². The second-order valence-electron chi connectivity index (χ2n) is 6.31. The van der Waals surface area contributed by atoms with Crippen LogP contribution in [0.5, 0.6) is 0 Å². The van der Waals surface area contributed by atoms with E-state index in [0.717, 1.165) is 24.0 Å². The number of aromatic nitrogens is 4. The highest BCUT2D eigenvalue weighted by Gasteiger charge is 2.14. The van der Waals surface area contributed by atoms with Crippen LogP contribution >= 0.6 is 0 Å². The van der Waals surface area contributed by atoms with Crippen LogP contribution in [0.25, 0.3) is 21.9 Å². The van der Waals surface area contributed by atoms with E-state index < -0.39 is 0 Å². The van der Waals surface area contributed by atoms with Gasteiger partial charge in [-0.1, -0.05) is 31.2 Å². The molecular weight excluding hydrogens is 342 g/mol. The van der Waals surface area contributed by atoms with Crippen LogP contribution in [-0.4, -0.2) is 25.2 Å². The van der Waals surface area contributed by atoms with Crippen LogP contribution in [0, 0.1) is 0 Å². The van der Waals surface area contributed by atoms with Gasteiger partial charge in [0.25, 0.3) is 0 Å². The molecule has 2 aromatic heterocycles. The molecule has 0 fully saturated rings. The highest BCUT2D eigenvalue weighted by molar-refractivity contribution is 5.92. The van der Waals surface area contributed by atoms with E-state index in [9.17, 15) is 9.59 Å². The maximum Gasteiger partial charge on any atom is 0.248 e. The third kappa shape index (κ3) is 3.19. The Bertz CT molecular complexity index is 1190. The van der Waals surface area contributed by atoms with Crippen molar-refractivity contribution in [2.45, 2.75) is 26.4 Å². The van der Waals surface area contributed by atoms with E-state index in [0.29, 0.717) is 16.9 Å². The fourth-order valence-corrected chi connectivity index (χ4v) is 3.21. The van der Waals surface area contributed by atoms with Crippen molar-refractivity contribution in [2.24, 2.45) is 0 Å². The van der Waals surface area contributed by atoms with Gasteiger partial charge < -0.3 is 4.57 Å². The van der Waals surface area contributed by atoms with E-state index in [1.807, 2.05) is 34.9 Å². The minimum absolute atomic E-state index is 0.00385. The molecule has 0 unspecified atom stereocenters. The van der Waals surface area contributed by atoms with E-state index in [4.69, 9.17) is 0 Å². The number of aryl methyl sites for hydroxylation is 1. The lowest BCUT2D eigenvalue weighted by atomic mass is 10.2. The summed E-state index contributed by atoms with van der Waals surface area (Å²) in [5.74, 6) is 0.275. The largest absolute Gasteiger partial charge is 0.310 e. The van der Waals surface area contributed by atoms with Crippen LogP contribution in [0.3, 0.4) is 0 Å². The Morgan fingerprint density at radius 2 is 1.81 bits per heavy atom. The first-order chi connectivity index (χ1) is 13.2. The molecule has 7 nitrogen and oxygen atoms in total. The van der Waals surface area contributed by atoms with Gasteiger partial charge in [-0.15, -0.1) is 0 Å². The van der Waals surface area contributed by atoms with Crippen molar-refractivity contribution >= 4 is 33.8 Å². The van der Waals surface area contributed by atoms with Crippen molar-refractivity contribution in [1.82, 2.24) is 19.3 Å². The molecule has 136 valence electrons. The molecule has 0 atom stereocenters. The number of amides is 1.